The lowest BCUT2D eigenvalue weighted by Crippen LogP contribution is -2.05. The topological polar surface area (TPSA) is 46.2 Å². The second-order valence-electron chi connectivity index (χ2n) is 2.81. The summed E-state index contributed by atoms with van der Waals surface area (Å²) < 4.78 is 0. The SMILES string of the molecule is C/C=C(CN)\C(O)=C/C(C)C. The number of aliphatic hydroxyl groups is 1. The summed E-state index contributed by atoms with van der Waals surface area (Å²) in [5.74, 6) is 0.668. The van der Waals surface area contributed by atoms with Crippen LogP contribution in [-0.2, 0) is 0 Å². The molecule has 0 rings (SSSR count). The Hall–Kier alpha value is -0.760. The zero-order chi connectivity index (χ0) is 8.85. The maximum atomic E-state index is 9.39. The van der Waals surface area contributed by atoms with Crippen molar-refractivity contribution in [3.63, 3.8) is 0 Å². The van der Waals surface area contributed by atoms with Gasteiger partial charge in [-0.05, 0) is 18.9 Å². The molecule has 2 heteroatoms. The van der Waals surface area contributed by atoms with E-state index < -0.39 is 0 Å². The lowest BCUT2D eigenvalue weighted by atomic mass is 10.1. The van der Waals surface area contributed by atoms with Crippen LogP contribution in [0.15, 0.2) is 23.5 Å². The molecule has 0 fully saturated rings. The van der Waals surface area contributed by atoms with E-state index in [2.05, 4.69) is 0 Å². The summed E-state index contributed by atoms with van der Waals surface area (Å²) in [6, 6.07) is 0. The molecule has 0 aromatic carbocycles. The first-order valence-electron chi connectivity index (χ1n) is 3.88. The average molecular weight is 155 g/mol. The summed E-state index contributed by atoms with van der Waals surface area (Å²) >= 11 is 0. The van der Waals surface area contributed by atoms with Crippen LogP contribution in [0, 0.1) is 5.92 Å². The van der Waals surface area contributed by atoms with Gasteiger partial charge in [0.1, 0.15) is 5.76 Å². The number of nitrogens with two attached hydrogens (primary N) is 1. The summed E-state index contributed by atoms with van der Waals surface area (Å²) in [7, 11) is 0. The first kappa shape index (κ1) is 10.2. The van der Waals surface area contributed by atoms with Gasteiger partial charge in [-0.15, -0.1) is 0 Å². The first-order valence-corrected chi connectivity index (χ1v) is 3.88. The van der Waals surface area contributed by atoms with Crippen molar-refractivity contribution < 1.29 is 5.11 Å². The summed E-state index contributed by atoms with van der Waals surface area (Å²) in [6.45, 7) is 6.29. The fourth-order valence-corrected chi connectivity index (χ4v) is 0.793. The molecule has 3 N–H and O–H groups in total. The van der Waals surface area contributed by atoms with E-state index in [1.54, 1.807) is 6.08 Å². The van der Waals surface area contributed by atoms with Crippen LogP contribution in [0.4, 0.5) is 0 Å². The number of allylic oxidation sites excluding steroid dienone is 2. The summed E-state index contributed by atoms with van der Waals surface area (Å²) in [5.41, 5.74) is 6.20. The molecule has 11 heavy (non-hydrogen) atoms. The molecule has 0 amide bonds. The van der Waals surface area contributed by atoms with Crippen molar-refractivity contribution in [1.82, 2.24) is 0 Å². The molecule has 0 unspecified atom stereocenters. The third-order valence-corrected chi connectivity index (χ3v) is 1.39. The molecule has 0 bridgehead atoms. The van der Waals surface area contributed by atoms with Crippen molar-refractivity contribution in [1.29, 1.82) is 0 Å². The predicted molar refractivity (Wildman–Crippen MR) is 48.4 cm³/mol. The molecule has 0 saturated heterocycles. The van der Waals surface area contributed by atoms with Crippen molar-refractivity contribution in [2.24, 2.45) is 11.7 Å². The summed E-state index contributed by atoms with van der Waals surface area (Å²) in [6.07, 6.45) is 3.62. The maximum absolute atomic E-state index is 9.39. The normalized spacial score (nSPS) is 14.3. The Bertz CT molecular complexity index is 168. The molecule has 0 radical (unpaired) electrons. The van der Waals surface area contributed by atoms with E-state index in [4.69, 9.17) is 5.73 Å². The minimum Gasteiger partial charge on any atom is -0.508 e. The monoisotopic (exact) mass is 155 g/mol. The molecule has 0 aromatic rings. The molecule has 2 nitrogen and oxygen atoms in total. The van der Waals surface area contributed by atoms with Gasteiger partial charge in [-0.3, -0.25) is 0 Å². The van der Waals surface area contributed by atoms with Gasteiger partial charge in [-0.2, -0.15) is 0 Å². The Morgan fingerprint density at radius 1 is 1.55 bits per heavy atom. The van der Waals surface area contributed by atoms with E-state index in [9.17, 15) is 5.11 Å². The zero-order valence-electron chi connectivity index (χ0n) is 7.46. The van der Waals surface area contributed by atoms with E-state index in [1.807, 2.05) is 26.8 Å². The van der Waals surface area contributed by atoms with Crippen LogP contribution in [0.3, 0.4) is 0 Å². The molecule has 0 aliphatic heterocycles. The zero-order valence-corrected chi connectivity index (χ0v) is 7.46. The van der Waals surface area contributed by atoms with Crippen LogP contribution >= 0.6 is 0 Å². The van der Waals surface area contributed by atoms with Gasteiger partial charge in [0.2, 0.25) is 0 Å². The Labute approximate surface area is 68.4 Å². The molecule has 0 aliphatic carbocycles. The number of hydrogen-bond acceptors (Lipinski definition) is 2. The lowest BCUT2D eigenvalue weighted by Gasteiger charge is -2.03. The quantitative estimate of drug-likeness (QED) is 0.483. The Balaban J connectivity index is 4.32. The molecule has 0 atom stereocenters. The predicted octanol–water partition coefficient (Wildman–Crippen LogP) is 1.99. The Morgan fingerprint density at radius 3 is 2.36 bits per heavy atom. The number of rotatable bonds is 3. The average Bonchev–Trinajstić information content (AvgIpc) is 1.88. The van der Waals surface area contributed by atoms with Crippen molar-refractivity contribution in [3.8, 4) is 0 Å². The molecule has 0 aliphatic rings. The van der Waals surface area contributed by atoms with Gasteiger partial charge in [-0.1, -0.05) is 19.9 Å². The highest BCUT2D eigenvalue weighted by molar-refractivity contribution is 5.25. The standard InChI is InChI=1S/C9H17NO/c1-4-8(6-10)9(11)5-7(2)3/h4-5,7,11H,6,10H2,1-3H3/b8-4-,9-5+. The maximum Gasteiger partial charge on any atom is 0.116 e. The van der Waals surface area contributed by atoms with Crippen LogP contribution in [0.2, 0.25) is 0 Å². The molecule has 64 valence electrons. The van der Waals surface area contributed by atoms with Crippen LogP contribution < -0.4 is 5.73 Å². The van der Waals surface area contributed by atoms with Gasteiger partial charge >= 0.3 is 0 Å². The van der Waals surface area contributed by atoms with E-state index in [1.165, 1.54) is 0 Å². The van der Waals surface area contributed by atoms with Gasteiger partial charge < -0.3 is 10.8 Å². The van der Waals surface area contributed by atoms with E-state index in [-0.39, 0.29) is 0 Å². The van der Waals surface area contributed by atoms with Gasteiger partial charge in [0.15, 0.2) is 0 Å². The largest absolute Gasteiger partial charge is 0.508 e. The van der Waals surface area contributed by atoms with E-state index >= 15 is 0 Å². The van der Waals surface area contributed by atoms with Crippen molar-refractivity contribution in [2.75, 3.05) is 6.54 Å². The molecule has 0 heterocycles. The molecular weight excluding hydrogens is 138 g/mol. The second-order valence-corrected chi connectivity index (χ2v) is 2.81. The molecule has 0 saturated carbocycles. The minimum absolute atomic E-state index is 0.310. The van der Waals surface area contributed by atoms with Crippen LogP contribution in [0.5, 0.6) is 0 Å². The highest BCUT2D eigenvalue weighted by Gasteiger charge is 1.99. The van der Waals surface area contributed by atoms with Gasteiger partial charge in [-0.25, -0.2) is 0 Å². The first-order chi connectivity index (χ1) is 5.11. The van der Waals surface area contributed by atoms with Crippen LogP contribution in [-0.4, -0.2) is 11.7 Å². The van der Waals surface area contributed by atoms with Crippen LogP contribution in [0.1, 0.15) is 20.8 Å². The van der Waals surface area contributed by atoms with Gasteiger partial charge in [0.05, 0.1) is 0 Å². The Kier molecular flexibility index (Phi) is 4.62. The summed E-state index contributed by atoms with van der Waals surface area (Å²) in [5, 5.41) is 9.39. The third-order valence-electron chi connectivity index (χ3n) is 1.39. The Morgan fingerprint density at radius 2 is 2.09 bits per heavy atom. The third kappa shape index (κ3) is 3.83. The second kappa shape index (κ2) is 4.97. The van der Waals surface area contributed by atoms with Crippen molar-refractivity contribution >= 4 is 0 Å². The van der Waals surface area contributed by atoms with Gasteiger partial charge in [0.25, 0.3) is 0 Å². The molecular formula is C9H17NO. The van der Waals surface area contributed by atoms with E-state index in [0.29, 0.717) is 18.2 Å². The number of aliphatic hydroxyl groups excluding tert-OH is 1. The minimum atomic E-state index is 0.310. The van der Waals surface area contributed by atoms with Gasteiger partial charge in [0, 0.05) is 12.1 Å². The smallest absolute Gasteiger partial charge is 0.116 e. The highest BCUT2D eigenvalue weighted by Crippen LogP contribution is 2.07. The van der Waals surface area contributed by atoms with Crippen molar-refractivity contribution in [3.05, 3.63) is 23.5 Å². The molecule has 0 spiro atoms. The fourth-order valence-electron chi connectivity index (χ4n) is 0.793. The molecule has 0 aromatic heterocycles. The van der Waals surface area contributed by atoms with Crippen LogP contribution in [0.25, 0.3) is 0 Å². The summed E-state index contributed by atoms with van der Waals surface area (Å²) in [4.78, 5) is 0. The lowest BCUT2D eigenvalue weighted by molar-refractivity contribution is 0.415. The van der Waals surface area contributed by atoms with Crippen molar-refractivity contribution in [2.45, 2.75) is 20.8 Å². The van der Waals surface area contributed by atoms with E-state index in [0.717, 1.165) is 5.57 Å². The fraction of sp³-hybridized carbons (Fsp3) is 0.556. The number of hydrogen-bond donors (Lipinski definition) is 2. The highest BCUT2D eigenvalue weighted by atomic mass is 16.3.